The number of nitrogens with one attached hydrogen (secondary N) is 1. The van der Waals surface area contributed by atoms with E-state index in [4.69, 9.17) is 9.47 Å². The van der Waals surface area contributed by atoms with Crippen molar-refractivity contribution in [3.63, 3.8) is 0 Å². The number of hydrogen-bond acceptors (Lipinski definition) is 5. The molecule has 0 aliphatic carbocycles. The van der Waals surface area contributed by atoms with Gasteiger partial charge in [0.15, 0.2) is 0 Å². The first kappa shape index (κ1) is 18.7. The SMILES string of the molecule is CC(C)(C)OC(=O)NC(CO)c1cccc(CN2CCOCC2)c1. The van der Waals surface area contributed by atoms with Gasteiger partial charge >= 0.3 is 6.09 Å². The topological polar surface area (TPSA) is 71.0 Å². The van der Waals surface area contributed by atoms with Crippen molar-refractivity contribution in [2.24, 2.45) is 0 Å². The molecular formula is C18H28N2O4. The highest BCUT2D eigenvalue weighted by Crippen LogP contribution is 2.17. The third-order valence-electron chi connectivity index (χ3n) is 3.74. The Morgan fingerprint density at radius 2 is 2.08 bits per heavy atom. The predicted octanol–water partition coefficient (Wildman–Crippen LogP) is 2.08. The second-order valence-corrected chi connectivity index (χ2v) is 7.01. The molecule has 0 bridgehead atoms. The van der Waals surface area contributed by atoms with Crippen LogP contribution >= 0.6 is 0 Å². The third kappa shape index (κ3) is 6.11. The summed E-state index contributed by atoms with van der Waals surface area (Å²) in [6.45, 7) is 9.45. The Bertz CT molecular complexity index is 536. The molecular weight excluding hydrogens is 308 g/mol. The second kappa shape index (κ2) is 8.46. The van der Waals surface area contributed by atoms with E-state index in [-0.39, 0.29) is 6.61 Å². The van der Waals surface area contributed by atoms with Crippen LogP contribution in [0.1, 0.15) is 37.9 Å². The Hall–Kier alpha value is -1.63. The molecule has 1 amide bonds. The lowest BCUT2D eigenvalue weighted by atomic mass is 10.0. The van der Waals surface area contributed by atoms with E-state index in [1.54, 1.807) is 0 Å². The van der Waals surface area contributed by atoms with Crippen LogP contribution in [0, 0.1) is 0 Å². The molecule has 1 fully saturated rings. The summed E-state index contributed by atoms with van der Waals surface area (Å²) in [5, 5.41) is 12.4. The minimum absolute atomic E-state index is 0.180. The summed E-state index contributed by atoms with van der Waals surface area (Å²) in [6.07, 6.45) is -0.528. The normalized spacial score (nSPS) is 17.3. The largest absolute Gasteiger partial charge is 0.444 e. The van der Waals surface area contributed by atoms with Gasteiger partial charge in [-0.2, -0.15) is 0 Å². The molecule has 1 aromatic carbocycles. The number of alkyl carbamates (subject to hydrolysis) is 1. The molecule has 134 valence electrons. The Morgan fingerprint density at radius 1 is 1.38 bits per heavy atom. The maximum Gasteiger partial charge on any atom is 0.408 e. The number of morpholine rings is 1. The number of carbonyl (C=O) groups excluding carboxylic acids is 1. The number of hydrogen-bond donors (Lipinski definition) is 2. The molecule has 2 rings (SSSR count). The van der Waals surface area contributed by atoms with Crippen molar-refractivity contribution in [2.45, 2.75) is 39.0 Å². The first-order valence-electron chi connectivity index (χ1n) is 8.37. The van der Waals surface area contributed by atoms with Gasteiger partial charge in [-0.15, -0.1) is 0 Å². The first-order chi connectivity index (χ1) is 11.4. The maximum atomic E-state index is 11.9. The number of ether oxygens (including phenoxy) is 2. The molecule has 1 atom stereocenters. The van der Waals surface area contributed by atoms with E-state index in [2.05, 4.69) is 16.3 Å². The molecule has 1 unspecified atom stereocenters. The standard InChI is InChI=1S/C18H28N2O4/c1-18(2,3)24-17(22)19-16(13-21)15-6-4-5-14(11-15)12-20-7-9-23-10-8-20/h4-6,11,16,21H,7-10,12-13H2,1-3H3,(H,19,22). The fourth-order valence-corrected chi connectivity index (χ4v) is 2.61. The average molecular weight is 336 g/mol. The number of nitrogens with zero attached hydrogens (tertiary/aromatic N) is 1. The van der Waals surface area contributed by atoms with Crippen molar-refractivity contribution in [1.82, 2.24) is 10.2 Å². The lowest BCUT2D eigenvalue weighted by Crippen LogP contribution is -2.36. The predicted molar refractivity (Wildman–Crippen MR) is 91.7 cm³/mol. The summed E-state index contributed by atoms with van der Waals surface area (Å²) in [7, 11) is 0. The lowest BCUT2D eigenvalue weighted by Gasteiger charge is -2.27. The van der Waals surface area contributed by atoms with Crippen LogP contribution in [0.5, 0.6) is 0 Å². The van der Waals surface area contributed by atoms with Crippen molar-refractivity contribution in [1.29, 1.82) is 0 Å². The molecule has 0 radical (unpaired) electrons. The fraction of sp³-hybridized carbons (Fsp3) is 0.611. The van der Waals surface area contributed by atoms with E-state index in [0.29, 0.717) is 0 Å². The number of amides is 1. The minimum atomic E-state index is -0.567. The monoisotopic (exact) mass is 336 g/mol. The Balaban J connectivity index is 2.00. The fourth-order valence-electron chi connectivity index (χ4n) is 2.61. The number of aliphatic hydroxyl groups excluding tert-OH is 1. The van der Waals surface area contributed by atoms with Crippen LogP contribution in [-0.2, 0) is 16.0 Å². The Morgan fingerprint density at radius 3 is 2.71 bits per heavy atom. The molecule has 1 aliphatic rings. The molecule has 24 heavy (non-hydrogen) atoms. The zero-order valence-corrected chi connectivity index (χ0v) is 14.7. The van der Waals surface area contributed by atoms with Crippen molar-refractivity contribution in [3.05, 3.63) is 35.4 Å². The van der Waals surface area contributed by atoms with Crippen molar-refractivity contribution < 1.29 is 19.4 Å². The molecule has 0 spiro atoms. The summed E-state index contributed by atoms with van der Waals surface area (Å²) in [6, 6.07) is 7.45. The number of carbonyl (C=O) groups is 1. The summed E-state index contributed by atoms with van der Waals surface area (Å²) in [5.41, 5.74) is 1.45. The molecule has 1 saturated heterocycles. The minimum Gasteiger partial charge on any atom is -0.444 e. The third-order valence-corrected chi connectivity index (χ3v) is 3.74. The summed E-state index contributed by atoms with van der Waals surface area (Å²) in [4.78, 5) is 14.3. The van der Waals surface area contributed by atoms with Crippen LogP contribution in [0.2, 0.25) is 0 Å². The highest BCUT2D eigenvalue weighted by Gasteiger charge is 2.20. The van der Waals surface area contributed by atoms with Gasteiger partial charge < -0.3 is 19.9 Å². The molecule has 6 heteroatoms. The first-order valence-corrected chi connectivity index (χ1v) is 8.37. The van der Waals surface area contributed by atoms with E-state index >= 15 is 0 Å². The van der Waals surface area contributed by atoms with Crippen molar-refractivity contribution in [3.8, 4) is 0 Å². The van der Waals surface area contributed by atoms with Crippen LogP contribution in [-0.4, -0.2) is 54.6 Å². The van der Waals surface area contributed by atoms with E-state index < -0.39 is 17.7 Å². The number of rotatable bonds is 5. The quantitative estimate of drug-likeness (QED) is 0.861. The maximum absolute atomic E-state index is 11.9. The van der Waals surface area contributed by atoms with E-state index in [0.717, 1.165) is 44.0 Å². The van der Waals surface area contributed by atoms with E-state index in [9.17, 15) is 9.90 Å². The number of benzene rings is 1. The Kier molecular flexibility index (Phi) is 6.60. The summed E-state index contributed by atoms with van der Waals surface area (Å²) in [5.74, 6) is 0. The van der Waals surface area contributed by atoms with Gasteiger partial charge in [0.05, 0.1) is 25.9 Å². The van der Waals surface area contributed by atoms with Crippen LogP contribution < -0.4 is 5.32 Å². The lowest BCUT2D eigenvalue weighted by molar-refractivity contribution is 0.0341. The van der Waals surface area contributed by atoms with Gasteiger partial charge in [-0.25, -0.2) is 4.79 Å². The van der Waals surface area contributed by atoms with Gasteiger partial charge in [-0.3, -0.25) is 4.90 Å². The van der Waals surface area contributed by atoms with Gasteiger partial charge in [0.1, 0.15) is 5.60 Å². The van der Waals surface area contributed by atoms with Crippen LogP contribution in [0.15, 0.2) is 24.3 Å². The zero-order valence-electron chi connectivity index (χ0n) is 14.7. The molecule has 1 heterocycles. The van der Waals surface area contributed by atoms with Gasteiger partial charge in [-0.1, -0.05) is 24.3 Å². The molecule has 0 aromatic heterocycles. The number of aliphatic hydroxyl groups is 1. The molecule has 2 N–H and O–H groups in total. The van der Waals surface area contributed by atoms with Crippen LogP contribution in [0.25, 0.3) is 0 Å². The average Bonchev–Trinajstić information content (AvgIpc) is 2.52. The Labute approximate surface area is 143 Å². The van der Waals surface area contributed by atoms with Crippen LogP contribution in [0.3, 0.4) is 0 Å². The summed E-state index contributed by atoms with van der Waals surface area (Å²) < 4.78 is 10.6. The smallest absolute Gasteiger partial charge is 0.408 e. The van der Waals surface area contributed by atoms with Gasteiger partial charge in [0.25, 0.3) is 0 Å². The highest BCUT2D eigenvalue weighted by atomic mass is 16.6. The second-order valence-electron chi connectivity index (χ2n) is 7.01. The highest BCUT2D eigenvalue weighted by molar-refractivity contribution is 5.68. The van der Waals surface area contributed by atoms with Crippen LogP contribution in [0.4, 0.5) is 4.79 Å². The van der Waals surface area contributed by atoms with E-state index in [1.807, 2.05) is 39.0 Å². The molecule has 1 aliphatic heterocycles. The van der Waals surface area contributed by atoms with Gasteiger partial charge in [0, 0.05) is 19.6 Å². The molecule has 0 saturated carbocycles. The van der Waals surface area contributed by atoms with Crippen molar-refractivity contribution >= 4 is 6.09 Å². The van der Waals surface area contributed by atoms with Gasteiger partial charge in [0.2, 0.25) is 0 Å². The van der Waals surface area contributed by atoms with Crippen molar-refractivity contribution in [2.75, 3.05) is 32.9 Å². The molecule has 1 aromatic rings. The zero-order chi connectivity index (χ0) is 17.6. The van der Waals surface area contributed by atoms with E-state index in [1.165, 1.54) is 0 Å². The summed E-state index contributed by atoms with van der Waals surface area (Å²) >= 11 is 0. The van der Waals surface area contributed by atoms with Gasteiger partial charge in [-0.05, 0) is 31.9 Å². The molecule has 6 nitrogen and oxygen atoms in total.